The summed E-state index contributed by atoms with van der Waals surface area (Å²) in [6.07, 6.45) is 38.1. The Morgan fingerprint density at radius 3 is 0.784 bits per heavy atom. The Bertz CT molecular complexity index is 625. The summed E-state index contributed by atoms with van der Waals surface area (Å²) in [5.74, 6) is -0.551. The van der Waals surface area contributed by atoms with E-state index in [-0.39, 0.29) is 57.8 Å². The Labute approximate surface area is 327 Å². The average molecular weight is 783 g/mol. The Balaban J connectivity index is -0.000000886. The van der Waals surface area contributed by atoms with Gasteiger partial charge in [-0.2, -0.15) is 0 Å². The first-order chi connectivity index (χ1) is 24.4. The van der Waals surface area contributed by atoms with E-state index < -0.39 is 12.2 Å². The SMILES string of the molecule is CCCCCCCCCCCCCCCCCC(=O)OCC(O)CO.CCCCCCCCCCCCCCCCCC(=O)OCC(O)CO.[Zn]. The molecule has 0 radical (unpaired) electrons. The number of ether oxygens (including phenoxy) is 2. The summed E-state index contributed by atoms with van der Waals surface area (Å²) in [7, 11) is 0. The zero-order valence-corrected chi connectivity index (χ0v) is 36.7. The zero-order valence-electron chi connectivity index (χ0n) is 33.7. The van der Waals surface area contributed by atoms with E-state index in [4.69, 9.17) is 29.9 Å². The maximum absolute atomic E-state index is 11.4. The average Bonchev–Trinajstić information content (AvgIpc) is 3.12. The predicted octanol–water partition coefficient (Wildman–Crippen LogP) is 10.3. The van der Waals surface area contributed by atoms with Crippen molar-refractivity contribution in [3.63, 3.8) is 0 Å². The number of rotatable bonds is 38. The van der Waals surface area contributed by atoms with Crippen LogP contribution in [0.25, 0.3) is 0 Å². The molecule has 0 saturated heterocycles. The first kappa shape index (κ1) is 54.7. The number of carbonyl (C=O) groups excluding carboxylic acids is 2. The van der Waals surface area contributed by atoms with Gasteiger partial charge in [-0.15, -0.1) is 0 Å². The van der Waals surface area contributed by atoms with Crippen LogP contribution in [0.1, 0.15) is 219 Å². The molecule has 0 aromatic heterocycles. The third-order valence-corrected chi connectivity index (χ3v) is 9.26. The summed E-state index contributed by atoms with van der Waals surface area (Å²) in [6, 6.07) is 0. The van der Waals surface area contributed by atoms with Crippen LogP contribution < -0.4 is 0 Å². The minimum absolute atomic E-state index is 0. The summed E-state index contributed by atoms with van der Waals surface area (Å²) in [5.41, 5.74) is 0. The van der Waals surface area contributed by atoms with Crippen molar-refractivity contribution in [2.45, 2.75) is 232 Å². The van der Waals surface area contributed by atoms with Gasteiger partial charge in [0.2, 0.25) is 0 Å². The van der Waals surface area contributed by atoms with E-state index in [9.17, 15) is 9.59 Å². The third kappa shape index (κ3) is 49.4. The Hall–Kier alpha value is -0.597. The molecule has 2 atom stereocenters. The molecule has 51 heavy (non-hydrogen) atoms. The van der Waals surface area contributed by atoms with Gasteiger partial charge in [0.25, 0.3) is 0 Å². The van der Waals surface area contributed by atoms with E-state index in [1.165, 1.54) is 167 Å². The van der Waals surface area contributed by atoms with Crippen molar-refractivity contribution < 1.29 is 59.0 Å². The van der Waals surface area contributed by atoms with Gasteiger partial charge in [0.1, 0.15) is 25.4 Å². The molecule has 0 aliphatic rings. The normalized spacial score (nSPS) is 12.0. The monoisotopic (exact) mass is 781 g/mol. The van der Waals surface area contributed by atoms with Gasteiger partial charge < -0.3 is 29.9 Å². The van der Waals surface area contributed by atoms with Crippen LogP contribution >= 0.6 is 0 Å². The van der Waals surface area contributed by atoms with Gasteiger partial charge in [0.05, 0.1) is 13.2 Å². The molecule has 8 nitrogen and oxygen atoms in total. The molecule has 2 unspecified atom stereocenters. The second-order valence-electron chi connectivity index (χ2n) is 14.4. The molecule has 0 rings (SSSR count). The van der Waals surface area contributed by atoms with Crippen LogP contribution in [-0.2, 0) is 38.5 Å². The number of hydrogen-bond donors (Lipinski definition) is 4. The molecule has 0 bridgehead atoms. The second kappa shape index (κ2) is 47.4. The fraction of sp³-hybridized carbons (Fsp3) is 0.952. The second-order valence-corrected chi connectivity index (χ2v) is 14.4. The van der Waals surface area contributed by atoms with Gasteiger partial charge in [0.15, 0.2) is 0 Å². The van der Waals surface area contributed by atoms with Crippen LogP contribution in [0.4, 0.5) is 0 Å². The topological polar surface area (TPSA) is 134 Å². The first-order valence-corrected chi connectivity index (χ1v) is 21.3. The summed E-state index contributed by atoms with van der Waals surface area (Å²) in [5, 5.41) is 35.4. The number of aliphatic hydroxyl groups excluding tert-OH is 4. The van der Waals surface area contributed by atoms with Gasteiger partial charge >= 0.3 is 11.9 Å². The molecule has 0 aromatic carbocycles. The zero-order chi connectivity index (χ0) is 37.2. The van der Waals surface area contributed by atoms with E-state index in [1.807, 2.05) is 0 Å². The minimum atomic E-state index is -0.954. The van der Waals surface area contributed by atoms with Gasteiger partial charge in [-0.1, -0.05) is 194 Å². The number of esters is 2. The number of hydrogen-bond acceptors (Lipinski definition) is 8. The quantitative estimate of drug-likeness (QED) is 0.0276. The minimum Gasteiger partial charge on any atom is -0.463 e. The summed E-state index contributed by atoms with van der Waals surface area (Å²) in [6.45, 7) is 3.59. The molecule has 0 saturated carbocycles. The molecule has 0 heterocycles. The smallest absolute Gasteiger partial charge is 0.305 e. The molecule has 0 amide bonds. The van der Waals surface area contributed by atoms with Crippen molar-refractivity contribution in [3.8, 4) is 0 Å². The van der Waals surface area contributed by atoms with Crippen molar-refractivity contribution in [2.24, 2.45) is 0 Å². The maximum atomic E-state index is 11.4. The number of unbranched alkanes of at least 4 members (excludes halogenated alkanes) is 28. The van der Waals surface area contributed by atoms with Crippen molar-refractivity contribution in [2.75, 3.05) is 26.4 Å². The molecule has 0 aromatic rings. The van der Waals surface area contributed by atoms with E-state index in [2.05, 4.69) is 13.8 Å². The fourth-order valence-corrected chi connectivity index (χ4v) is 5.91. The predicted molar refractivity (Wildman–Crippen MR) is 207 cm³/mol. The maximum Gasteiger partial charge on any atom is 0.305 e. The van der Waals surface area contributed by atoms with Crippen LogP contribution in [0.5, 0.6) is 0 Å². The van der Waals surface area contributed by atoms with E-state index >= 15 is 0 Å². The molecular formula is C42H84O8Zn. The van der Waals surface area contributed by atoms with Crippen LogP contribution in [0, 0.1) is 0 Å². The molecule has 9 heteroatoms. The van der Waals surface area contributed by atoms with Gasteiger partial charge in [0, 0.05) is 32.3 Å². The Kier molecular flexibility index (Phi) is 50.9. The van der Waals surface area contributed by atoms with Crippen molar-refractivity contribution in [1.82, 2.24) is 0 Å². The molecule has 0 aliphatic heterocycles. The van der Waals surface area contributed by atoms with Gasteiger partial charge in [-0.25, -0.2) is 0 Å². The number of carbonyl (C=O) groups is 2. The molecule has 0 spiro atoms. The van der Waals surface area contributed by atoms with E-state index in [1.54, 1.807) is 0 Å². The van der Waals surface area contributed by atoms with Gasteiger partial charge in [-0.3, -0.25) is 9.59 Å². The summed E-state index contributed by atoms with van der Waals surface area (Å²) < 4.78 is 9.73. The first-order valence-electron chi connectivity index (χ1n) is 21.3. The molecule has 302 valence electrons. The van der Waals surface area contributed by atoms with Crippen LogP contribution in [-0.4, -0.2) is 71.0 Å². The summed E-state index contributed by atoms with van der Waals surface area (Å²) in [4.78, 5) is 22.8. The fourth-order valence-electron chi connectivity index (χ4n) is 5.91. The van der Waals surface area contributed by atoms with Crippen molar-refractivity contribution in [3.05, 3.63) is 0 Å². The summed E-state index contributed by atoms with van der Waals surface area (Å²) >= 11 is 0. The Morgan fingerprint density at radius 2 is 0.588 bits per heavy atom. The van der Waals surface area contributed by atoms with E-state index in [0.29, 0.717) is 12.8 Å². The number of aliphatic hydroxyl groups is 4. The van der Waals surface area contributed by atoms with E-state index in [0.717, 1.165) is 25.7 Å². The van der Waals surface area contributed by atoms with Crippen LogP contribution in [0.3, 0.4) is 0 Å². The molecule has 0 aliphatic carbocycles. The largest absolute Gasteiger partial charge is 0.463 e. The van der Waals surface area contributed by atoms with Crippen LogP contribution in [0.2, 0.25) is 0 Å². The third-order valence-electron chi connectivity index (χ3n) is 9.26. The molecule has 4 N–H and O–H groups in total. The standard InChI is InChI=1S/2C21H42O4.Zn/c2*1-2-3-4-5-6-7-8-9-10-11-12-13-14-15-16-17-21(24)25-19-20(23)18-22;/h2*20,22-23H,2-19H2,1H3;. The van der Waals surface area contributed by atoms with Gasteiger partial charge in [-0.05, 0) is 12.8 Å². The van der Waals surface area contributed by atoms with Crippen molar-refractivity contribution >= 4 is 11.9 Å². The van der Waals surface area contributed by atoms with Crippen molar-refractivity contribution in [1.29, 1.82) is 0 Å². The molecular weight excluding hydrogens is 698 g/mol. The van der Waals surface area contributed by atoms with Crippen LogP contribution in [0.15, 0.2) is 0 Å². The Morgan fingerprint density at radius 1 is 0.392 bits per heavy atom. The molecule has 0 fully saturated rings.